The Labute approximate surface area is 61.2 Å². The molecule has 2 heteroatoms. The van der Waals surface area contributed by atoms with Crippen LogP contribution in [-0.4, -0.2) is 16.5 Å². The summed E-state index contributed by atoms with van der Waals surface area (Å²) in [7, 11) is 0. The maximum absolute atomic E-state index is 11.2. The summed E-state index contributed by atoms with van der Waals surface area (Å²) in [5.74, 6) is 0.111. The average Bonchev–Trinajstić information content (AvgIpc) is 2.19. The van der Waals surface area contributed by atoms with Crippen LogP contribution in [0.2, 0.25) is 0 Å². The van der Waals surface area contributed by atoms with E-state index < -0.39 is 5.60 Å². The lowest BCUT2D eigenvalue weighted by Crippen LogP contribution is -2.34. The van der Waals surface area contributed by atoms with Gasteiger partial charge in [0, 0.05) is 5.92 Å². The molecule has 2 unspecified atom stereocenters. The lowest BCUT2D eigenvalue weighted by atomic mass is 9.96. The van der Waals surface area contributed by atoms with Gasteiger partial charge in [0.15, 0.2) is 5.78 Å². The molecule has 1 aliphatic carbocycles. The summed E-state index contributed by atoms with van der Waals surface area (Å²) in [6.45, 7) is 3.74. The van der Waals surface area contributed by atoms with Crippen molar-refractivity contribution >= 4 is 5.78 Å². The molecule has 0 saturated heterocycles. The van der Waals surface area contributed by atoms with Gasteiger partial charge in [0.05, 0.1) is 0 Å². The highest BCUT2D eigenvalue weighted by molar-refractivity contribution is 5.90. The molecule has 0 radical (unpaired) electrons. The molecule has 1 rings (SSSR count). The lowest BCUT2D eigenvalue weighted by molar-refractivity contribution is -0.136. The van der Waals surface area contributed by atoms with E-state index in [1.165, 1.54) is 0 Å². The normalized spacial score (nSPS) is 40.7. The van der Waals surface area contributed by atoms with Crippen LogP contribution >= 0.6 is 0 Å². The zero-order valence-electron chi connectivity index (χ0n) is 6.55. The minimum Gasteiger partial charge on any atom is -0.382 e. The SMILES string of the molecule is CCC1(O)CCC(C)C1=O. The van der Waals surface area contributed by atoms with Crippen molar-refractivity contribution in [3.8, 4) is 0 Å². The molecule has 1 fully saturated rings. The van der Waals surface area contributed by atoms with Crippen LogP contribution in [0.25, 0.3) is 0 Å². The summed E-state index contributed by atoms with van der Waals surface area (Å²) in [5, 5.41) is 9.59. The van der Waals surface area contributed by atoms with Gasteiger partial charge in [-0.25, -0.2) is 0 Å². The Morgan fingerprint density at radius 1 is 1.80 bits per heavy atom. The van der Waals surface area contributed by atoms with Crippen molar-refractivity contribution in [2.45, 2.75) is 38.7 Å². The maximum atomic E-state index is 11.2. The fourth-order valence-corrected chi connectivity index (χ4v) is 1.52. The molecule has 0 aromatic carbocycles. The van der Waals surface area contributed by atoms with Crippen LogP contribution in [0.15, 0.2) is 0 Å². The molecule has 0 bridgehead atoms. The minimum atomic E-state index is -0.973. The number of hydrogen-bond acceptors (Lipinski definition) is 2. The van der Waals surface area contributed by atoms with E-state index in [0.29, 0.717) is 12.8 Å². The van der Waals surface area contributed by atoms with Crippen LogP contribution in [0.3, 0.4) is 0 Å². The second kappa shape index (κ2) is 2.35. The third-order valence-corrected chi connectivity index (χ3v) is 2.48. The predicted molar refractivity (Wildman–Crippen MR) is 38.6 cm³/mol. The molecule has 2 nitrogen and oxygen atoms in total. The summed E-state index contributed by atoms with van der Waals surface area (Å²) in [4.78, 5) is 11.2. The first kappa shape index (κ1) is 7.73. The first-order valence-electron chi connectivity index (χ1n) is 3.87. The van der Waals surface area contributed by atoms with Crippen molar-refractivity contribution < 1.29 is 9.90 Å². The average molecular weight is 142 g/mol. The number of carbonyl (C=O) groups is 1. The van der Waals surface area contributed by atoms with E-state index in [1.54, 1.807) is 0 Å². The fourth-order valence-electron chi connectivity index (χ4n) is 1.52. The Kier molecular flexibility index (Phi) is 1.82. The van der Waals surface area contributed by atoms with E-state index in [0.717, 1.165) is 6.42 Å². The van der Waals surface area contributed by atoms with E-state index in [4.69, 9.17) is 0 Å². The molecule has 1 saturated carbocycles. The second-order valence-electron chi connectivity index (χ2n) is 3.19. The van der Waals surface area contributed by atoms with Gasteiger partial charge in [0.1, 0.15) is 5.60 Å². The third kappa shape index (κ3) is 0.966. The number of carbonyl (C=O) groups excluding carboxylic acids is 1. The molecular weight excluding hydrogens is 128 g/mol. The van der Waals surface area contributed by atoms with Gasteiger partial charge in [-0.3, -0.25) is 4.79 Å². The molecule has 0 aliphatic heterocycles. The zero-order valence-corrected chi connectivity index (χ0v) is 6.55. The number of hydrogen-bond donors (Lipinski definition) is 1. The van der Waals surface area contributed by atoms with E-state index in [-0.39, 0.29) is 11.7 Å². The fraction of sp³-hybridized carbons (Fsp3) is 0.875. The van der Waals surface area contributed by atoms with Gasteiger partial charge in [-0.1, -0.05) is 13.8 Å². The van der Waals surface area contributed by atoms with E-state index in [9.17, 15) is 9.90 Å². The molecule has 58 valence electrons. The number of ketones is 1. The Morgan fingerprint density at radius 3 is 2.60 bits per heavy atom. The molecule has 0 heterocycles. The number of Topliss-reactive ketones (excluding diaryl/α,β-unsaturated/α-hetero) is 1. The first-order valence-corrected chi connectivity index (χ1v) is 3.87. The van der Waals surface area contributed by atoms with E-state index in [1.807, 2.05) is 13.8 Å². The highest BCUT2D eigenvalue weighted by Crippen LogP contribution is 2.32. The Hall–Kier alpha value is -0.370. The second-order valence-corrected chi connectivity index (χ2v) is 3.19. The molecule has 1 aliphatic rings. The maximum Gasteiger partial charge on any atom is 0.167 e. The van der Waals surface area contributed by atoms with Crippen molar-refractivity contribution in [3.05, 3.63) is 0 Å². The molecular formula is C8H14O2. The molecule has 10 heavy (non-hydrogen) atoms. The molecule has 0 aromatic rings. The Bertz CT molecular complexity index is 153. The summed E-state index contributed by atoms with van der Waals surface area (Å²) in [6, 6.07) is 0. The molecule has 0 spiro atoms. The van der Waals surface area contributed by atoms with Crippen LogP contribution in [0, 0.1) is 5.92 Å². The van der Waals surface area contributed by atoms with Gasteiger partial charge in [-0.2, -0.15) is 0 Å². The Morgan fingerprint density at radius 2 is 2.40 bits per heavy atom. The van der Waals surface area contributed by atoms with Gasteiger partial charge >= 0.3 is 0 Å². The van der Waals surface area contributed by atoms with E-state index in [2.05, 4.69) is 0 Å². The smallest absolute Gasteiger partial charge is 0.167 e. The summed E-state index contributed by atoms with van der Waals surface area (Å²) >= 11 is 0. The molecule has 0 aromatic heterocycles. The van der Waals surface area contributed by atoms with Crippen molar-refractivity contribution in [2.75, 3.05) is 0 Å². The van der Waals surface area contributed by atoms with Crippen LogP contribution in [0.5, 0.6) is 0 Å². The first-order chi connectivity index (χ1) is 4.60. The highest BCUT2D eigenvalue weighted by Gasteiger charge is 2.42. The lowest BCUT2D eigenvalue weighted by Gasteiger charge is -2.17. The van der Waals surface area contributed by atoms with Crippen molar-refractivity contribution in [1.82, 2.24) is 0 Å². The van der Waals surface area contributed by atoms with Gasteiger partial charge in [-0.15, -0.1) is 0 Å². The largest absolute Gasteiger partial charge is 0.382 e. The molecule has 0 amide bonds. The van der Waals surface area contributed by atoms with Crippen LogP contribution in [0.1, 0.15) is 33.1 Å². The van der Waals surface area contributed by atoms with Crippen molar-refractivity contribution in [2.24, 2.45) is 5.92 Å². The Balaban J connectivity index is 2.73. The number of aliphatic hydroxyl groups is 1. The van der Waals surface area contributed by atoms with Crippen LogP contribution < -0.4 is 0 Å². The van der Waals surface area contributed by atoms with Crippen LogP contribution in [-0.2, 0) is 4.79 Å². The zero-order chi connectivity index (χ0) is 7.78. The van der Waals surface area contributed by atoms with Crippen molar-refractivity contribution in [3.63, 3.8) is 0 Å². The van der Waals surface area contributed by atoms with Gasteiger partial charge in [0.2, 0.25) is 0 Å². The third-order valence-electron chi connectivity index (χ3n) is 2.48. The van der Waals surface area contributed by atoms with Crippen LogP contribution in [0.4, 0.5) is 0 Å². The van der Waals surface area contributed by atoms with Gasteiger partial charge in [-0.05, 0) is 19.3 Å². The van der Waals surface area contributed by atoms with Gasteiger partial charge < -0.3 is 5.11 Å². The van der Waals surface area contributed by atoms with Gasteiger partial charge in [0.25, 0.3) is 0 Å². The highest BCUT2D eigenvalue weighted by atomic mass is 16.3. The topological polar surface area (TPSA) is 37.3 Å². The summed E-state index contributed by atoms with van der Waals surface area (Å²) < 4.78 is 0. The minimum absolute atomic E-state index is 0.0370. The predicted octanol–water partition coefficient (Wildman–Crippen LogP) is 1.13. The van der Waals surface area contributed by atoms with Crippen molar-refractivity contribution in [1.29, 1.82) is 0 Å². The summed E-state index contributed by atoms with van der Waals surface area (Å²) in [6.07, 6.45) is 2.07. The standard InChI is InChI=1S/C8H14O2/c1-3-8(10)5-4-6(2)7(8)9/h6,10H,3-5H2,1-2H3. The monoisotopic (exact) mass is 142 g/mol. The van der Waals surface area contributed by atoms with E-state index >= 15 is 0 Å². The molecule has 1 N–H and O–H groups in total. The number of rotatable bonds is 1. The molecule has 2 atom stereocenters. The summed E-state index contributed by atoms with van der Waals surface area (Å²) in [5.41, 5.74) is -0.973. The quantitative estimate of drug-likeness (QED) is 0.595.